The van der Waals surface area contributed by atoms with Gasteiger partial charge in [-0.1, -0.05) is 30.3 Å². The molecule has 0 aliphatic heterocycles. The van der Waals surface area contributed by atoms with Crippen LogP contribution in [-0.4, -0.2) is 18.3 Å². The molecule has 1 unspecified atom stereocenters. The summed E-state index contributed by atoms with van der Waals surface area (Å²) in [5, 5.41) is 19.3. The molecule has 4 heteroatoms. The molecular formula is C11H16N4. The van der Waals surface area contributed by atoms with Crippen LogP contribution in [-0.2, 0) is 6.37 Å². The van der Waals surface area contributed by atoms with E-state index in [4.69, 9.17) is 16.3 Å². The molecule has 0 radical (unpaired) electrons. The Morgan fingerprint density at radius 3 is 2.73 bits per heavy atom. The number of nitrogens with one attached hydrogen (secondary N) is 4. The predicted octanol–water partition coefficient (Wildman–Crippen LogP) is 1.34. The molecule has 4 nitrogen and oxygen atoms in total. The van der Waals surface area contributed by atoms with Crippen molar-refractivity contribution in [3.8, 4) is 0 Å². The van der Waals surface area contributed by atoms with Gasteiger partial charge < -0.3 is 10.6 Å². The van der Waals surface area contributed by atoms with Crippen molar-refractivity contribution in [2.75, 3.05) is 6.52 Å². The summed E-state index contributed by atoms with van der Waals surface area (Å²) in [5.74, 6) is -0.266. The van der Waals surface area contributed by atoms with Gasteiger partial charge in [0, 0.05) is 10.6 Å². The van der Waals surface area contributed by atoms with E-state index >= 15 is 0 Å². The van der Waals surface area contributed by atoms with Crippen LogP contribution in [0.15, 0.2) is 30.3 Å². The molecule has 1 rings (SSSR count). The Hall–Kier alpha value is -1.84. The van der Waals surface area contributed by atoms with Crippen LogP contribution in [0.3, 0.4) is 0 Å². The van der Waals surface area contributed by atoms with E-state index in [0.717, 1.165) is 0 Å². The van der Waals surface area contributed by atoms with Crippen molar-refractivity contribution < 1.29 is 5.48 Å². The van der Waals surface area contributed by atoms with Crippen LogP contribution in [0, 0.1) is 10.8 Å². The highest BCUT2D eigenvalue weighted by Crippen LogP contribution is 1.97. The first-order valence-electron chi connectivity index (χ1n) is 6.48. The average molecular weight is 208 g/mol. The summed E-state index contributed by atoms with van der Waals surface area (Å²) >= 11 is 0. The van der Waals surface area contributed by atoms with Gasteiger partial charge in [0.05, 0.1) is 7.21 Å². The summed E-state index contributed by atoms with van der Waals surface area (Å²) in [4.78, 5) is 0. The number of aryl methyl sites for hydroxylation is 1. The van der Waals surface area contributed by atoms with Crippen LogP contribution in [0.4, 0.5) is 0 Å². The van der Waals surface area contributed by atoms with Crippen LogP contribution >= 0.6 is 0 Å². The largest absolute Gasteiger partial charge is 0.356 e. The average Bonchev–Trinajstić information content (AvgIpc) is 2.28. The Bertz CT molecular complexity index is 472. The summed E-state index contributed by atoms with van der Waals surface area (Å²) in [6.45, 7) is 0.0417. The standard InChI is InChI=1S/C11H16N4/c1-9(12)15-11(13)14-8-7-10-5-3-2-4-6-10/h2-6H,7-8H2,1H3,(H4,12,13,14,15)/i2D,7D2,8D. The molecule has 0 aliphatic rings. The molecule has 0 heterocycles. The van der Waals surface area contributed by atoms with Gasteiger partial charge in [0.2, 0.25) is 0 Å². The maximum absolute atomic E-state index is 7.90. The summed E-state index contributed by atoms with van der Waals surface area (Å²) < 4.78 is 30.9. The van der Waals surface area contributed by atoms with E-state index in [1.54, 1.807) is 0 Å². The minimum Gasteiger partial charge on any atom is -0.356 e. The monoisotopic (exact) mass is 208 g/mol. The van der Waals surface area contributed by atoms with Crippen molar-refractivity contribution in [1.82, 2.24) is 10.6 Å². The molecule has 1 aromatic carbocycles. The van der Waals surface area contributed by atoms with Crippen LogP contribution < -0.4 is 10.6 Å². The van der Waals surface area contributed by atoms with Crippen molar-refractivity contribution in [1.29, 1.82) is 10.8 Å². The maximum atomic E-state index is 7.90. The second-order valence-electron chi connectivity index (χ2n) is 2.85. The molecule has 0 amide bonds. The highest BCUT2D eigenvalue weighted by molar-refractivity contribution is 5.95. The first kappa shape index (κ1) is 6.61. The van der Waals surface area contributed by atoms with E-state index in [0.29, 0.717) is 0 Å². The van der Waals surface area contributed by atoms with Gasteiger partial charge >= 0.3 is 0 Å². The fraction of sp³-hybridized carbons (Fsp3) is 0.273. The zero-order valence-corrected chi connectivity index (χ0v) is 8.39. The summed E-state index contributed by atoms with van der Waals surface area (Å²) in [5.41, 5.74) is 0.260. The zero-order valence-electron chi connectivity index (χ0n) is 12.4. The van der Waals surface area contributed by atoms with Gasteiger partial charge in [0.15, 0.2) is 5.96 Å². The molecule has 80 valence electrons. The van der Waals surface area contributed by atoms with E-state index in [1.807, 2.05) is 0 Å². The van der Waals surface area contributed by atoms with Crippen LogP contribution in [0.1, 0.15) is 18.0 Å². The Morgan fingerprint density at radius 1 is 1.47 bits per heavy atom. The minimum atomic E-state index is -2.02. The van der Waals surface area contributed by atoms with Gasteiger partial charge in [-0.3, -0.25) is 10.8 Å². The lowest BCUT2D eigenvalue weighted by Crippen LogP contribution is -2.39. The van der Waals surface area contributed by atoms with E-state index in [1.165, 1.54) is 31.2 Å². The molecule has 0 spiro atoms. The lowest BCUT2D eigenvalue weighted by atomic mass is 10.1. The summed E-state index contributed by atoms with van der Waals surface area (Å²) in [7, 11) is 0. The number of hydrogen-bond acceptors (Lipinski definition) is 2. The highest BCUT2D eigenvalue weighted by Gasteiger charge is 1.95. The maximum Gasteiger partial charge on any atom is 0.193 e. The third-order valence-corrected chi connectivity index (χ3v) is 1.49. The molecule has 0 saturated heterocycles. The fourth-order valence-corrected chi connectivity index (χ4v) is 0.898. The third-order valence-electron chi connectivity index (χ3n) is 1.49. The van der Waals surface area contributed by atoms with E-state index in [9.17, 15) is 0 Å². The van der Waals surface area contributed by atoms with Crippen molar-refractivity contribution >= 4 is 11.8 Å². The van der Waals surface area contributed by atoms with Gasteiger partial charge in [-0.2, -0.15) is 0 Å². The number of guanidine groups is 1. The van der Waals surface area contributed by atoms with Crippen molar-refractivity contribution in [3.05, 3.63) is 35.9 Å². The molecule has 0 fully saturated rings. The molecule has 0 bridgehead atoms. The molecule has 0 aliphatic carbocycles. The molecule has 1 atom stereocenters. The second-order valence-corrected chi connectivity index (χ2v) is 2.85. The van der Waals surface area contributed by atoms with E-state index in [-0.39, 0.29) is 23.4 Å². The molecular weight excluding hydrogens is 188 g/mol. The molecule has 1 aromatic rings. The first-order chi connectivity index (χ1) is 8.73. The molecule has 4 N–H and O–H groups in total. The molecule has 0 saturated carbocycles. The van der Waals surface area contributed by atoms with Crippen LogP contribution in [0.25, 0.3) is 0 Å². The normalized spacial score (nSPS) is 16.3. The number of amidine groups is 1. The Balaban J connectivity index is 2.78. The van der Waals surface area contributed by atoms with Crippen molar-refractivity contribution in [2.45, 2.75) is 13.3 Å². The number of rotatable bonds is 3. The predicted molar refractivity (Wildman–Crippen MR) is 62.4 cm³/mol. The Morgan fingerprint density at radius 2 is 2.13 bits per heavy atom. The van der Waals surface area contributed by atoms with E-state index < -0.39 is 12.9 Å². The Kier molecular flexibility index (Phi) is 2.55. The lowest BCUT2D eigenvalue weighted by molar-refractivity contribution is 0.842. The topological polar surface area (TPSA) is 71.8 Å². The smallest absolute Gasteiger partial charge is 0.193 e. The highest BCUT2D eigenvalue weighted by atomic mass is 15.1. The number of benzene rings is 1. The van der Waals surface area contributed by atoms with Crippen LogP contribution in [0.5, 0.6) is 0 Å². The zero-order chi connectivity index (χ0) is 14.6. The van der Waals surface area contributed by atoms with Crippen molar-refractivity contribution in [2.24, 2.45) is 0 Å². The summed E-state index contributed by atoms with van der Waals surface area (Å²) in [6, 6.07) is 6.06. The van der Waals surface area contributed by atoms with Gasteiger partial charge in [-0.25, -0.2) is 0 Å². The Labute approximate surface area is 95.3 Å². The fourth-order valence-electron chi connectivity index (χ4n) is 0.898. The minimum absolute atomic E-state index is 0.0313. The lowest BCUT2D eigenvalue weighted by Gasteiger charge is -2.08. The van der Waals surface area contributed by atoms with Gasteiger partial charge in [-0.05, 0) is 18.9 Å². The molecule has 0 aromatic heterocycles. The number of hydrogen-bond donors (Lipinski definition) is 4. The quantitative estimate of drug-likeness (QED) is 0.447. The summed E-state index contributed by atoms with van der Waals surface area (Å²) in [6.07, 6.45) is -2.02. The van der Waals surface area contributed by atoms with Gasteiger partial charge in [-0.15, -0.1) is 0 Å². The first-order valence-corrected chi connectivity index (χ1v) is 4.40. The SMILES string of the molecule is [2H]c1ccc(C([2H])([2H])C([2H])NC(=N)NC(C)=N)cc1. The molecule has 15 heavy (non-hydrogen) atoms. The second kappa shape index (κ2) is 5.80. The van der Waals surface area contributed by atoms with Crippen LogP contribution in [0.2, 0.25) is 0 Å². The van der Waals surface area contributed by atoms with Gasteiger partial charge in [0.1, 0.15) is 0 Å². The van der Waals surface area contributed by atoms with E-state index in [2.05, 4.69) is 10.6 Å². The van der Waals surface area contributed by atoms with Gasteiger partial charge in [0.25, 0.3) is 0 Å². The third kappa shape index (κ3) is 4.81. The van der Waals surface area contributed by atoms with Crippen molar-refractivity contribution in [3.63, 3.8) is 0 Å².